The summed E-state index contributed by atoms with van der Waals surface area (Å²) in [7, 11) is 0. The first-order chi connectivity index (χ1) is 17.0. The SMILES string of the molecule is CC[n+]1c(-c2ccccc2)c2cc(N=NNc3cccc(C(=N)N)c3)ccc2c2ccc(N)cc21.Cl.[Cl-]. The number of hydrogen-bond donors (Lipinski definition) is 4. The number of benzene rings is 4. The van der Waals surface area contributed by atoms with Crippen LogP contribution in [0, 0.1) is 5.41 Å². The Morgan fingerprint density at radius 2 is 1.65 bits per heavy atom. The molecule has 1 heterocycles. The number of aromatic nitrogens is 1. The first-order valence-corrected chi connectivity index (χ1v) is 11.4. The van der Waals surface area contributed by atoms with E-state index in [1.165, 1.54) is 0 Å². The number of nitrogens with zero attached hydrogens (tertiary/aromatic N) is 3. The smallest absolute Gasteiger partial charge is 0.220 e. The van der Waals surface area contributed by atoms with Gasteiger partial charge in [-0.1, -0.05) is 41.6 Å². The molecule has 5 aromatic rings. The van der Waals surface area contributed by atoms with E-state index in [1.807, 2.05) is 48.5 Å². The molecule has 4 aromatic carbocycles. The van der Waals surface area contributed by atoms with Crippen LogP contribution in [0.5, 0.6) is 0 Å². The van der Waals surface area contributed by atoms with Crippen molar-refractivity contribution in [1.82, 2.24) is 0 Å². The molecule has 0 saturated heterocycles. The van der Waals surface area contributed by atoms with E-state index in [4.69, 9.17) is 16.9 Å². The molecule has 0 unspecified atom stereocenters. The monoisotopic (exact) mass is 531 g/mol. The zero-order chi connectivity index (χ0) is 24.4. The molecule has 7 nitrogen and oxygen atoms in total. The number of rotatable bonds is 6. The van der Waals surface area contributed by atoms with E-state index in [9.17, 15) is 0 Å². The predicted octanol–water partition coefficient (Wildman–Crippen LogP) is 3.37. The fraction of sp³-hybridized carbons (Fsp3) is 0.0714. The third-order valence-electron chi connectivity index (χ3n) is 6.01. The number of halogens is 2. The van der Waals surface area contributed by atoms with Crippen LogP contribution < -0.4 is 33.9 Å². The van der Waals surface area contributed by atoms with Crippen LogP contribution in [-0.4, -0.2) is 5.84 Å². The van der Waals surface area contributed by atoms with Gasteiger partial charge < -0.3 is 23.9 Å². The predicted molar refractivity (Wildman–Crippen MR) is 150 cm³/mol. The summed E-state index contributed by atoms with van der Waals surface area (Å²) in [5.41, 5.74) is 20.8. The third-order valence-corrected chi connectivity index (χ3v) is 6.01. The van der Waals surface area contributed by atoms with Crippen molar-refractivity contribution in [3.63, 3.8) is 0 Å². The minimum atomic E-state index is 0. The van der Waals surface area contributed by atoms with Crippen molar-refractivity contribution in [1.29, 1.82) is 5.41 Å². The molecule has 37 heavy (non-hydrogen) atoms. The van der Waals surface area contributed by atoms with Gasteiger partial charge in [-0.15, -0.1) is 17.5 Å². The number of amidine groups is 1. The van der Waals surface area contributed by atoms with Gasteiger partial charge in [0.25, 0.3) is 0 Å². The quantitative estimate of drug-likeness (QED) is 0.0511. The van der Waals surface area contributed by atoms with E-state index in [1.54, 1.807) is 12.1 Å². The summed E-state index contributed by atoms with van der Waals surface area (Å²) in [5, 5.41) is 19.5. The van der Waals surface area contributed by atoms with Crippen molar-refractivity contribution < 1.29 is 17.0 Å². The molecular formula is C28H27Cl2N7. The van der Waals surface area contributed by atoms with Crippen molar-refractivity contribution >= 4 is 57.0 Å². The maximum Gasteiger partial charge on any atom is 0.220 e. The van der Waals surface area contributed by atoms with Gasteiger partial charge in [-0.3, -0.25) is 10.8 Å². The van der Waals surface area contributed by atoms with Crippen molar-refractivity contribution in [3.05, 3.63) is 96.6 Å². The van der Waals surface area contributed by atoms with Crippen LogP contribution in [0.15, 0.2) is 101 Å². The van der Waals surface area contributed by atoms with Gasteiger partial charge in [0.1, 0.15) is 12.4 Å². The molecule has 0 aliphatic rings. The molecule has 9 heteroatoms. The van der Waals surface area contributed by atoms with Gasteiger partial charge in [-0.2, -0.15) is 4.57 Å². The lowest BCUT2D eigenvalue weighted by Crippen LogP contribution is -3.00. The molecule has 188 valence electrons. The van der Waals surface area contributed by atoms with E-state index in [0.717, 1.165) is 50.9 Å². The number of pyridine rings is 1. The van der Waals surface area contributed by atoms with Crippen LogP contribution in [0.4, 0.5) is 17.1 Å². The molecule has 0 spiro atoms. The zero-order valence-electron chi connectivity index (χ0n) is 20.1. The molecule has 6 N–H and O–H groups in total. The molecule has 0 aliphatic carbocycles. The molecule has 0 fully saturated rings. The van der Waals surface area contributed by atoms with Crippen molar-refractivity contribution in [2.24, 2.45) is 16.1 Å². The van der Waals surface area contributed by atoms with Gasteiger partial charge in [0, 0.05) is 28.3 Å². The van der Waals surface area contributed by atoms with Gasteiger partial charge in [0.15, 0.2) is 0 Å². The highest BCUT2D eigenvalue weighted by atomic mass is 35.5. The van der Waals surface area contributed by atoms with Crippen LogP contribution in [-0.2, 0) is 6.54 Å². The van der Waals surface area contributed by atoms with E-state index in [2.05, 4.69) is 57.6 Å². The Kier molecular flexibility index (Phi) is 8.65. The van der Waals surface area contributed by atoms with E-state index in [-0.39, 0.29) is 30.6 Å². The van der Waals surface area contributed by atoms with Crippen molar-refractivity contribution in [3.8, 4) is 11.3 Å². The lowest BCUT2D eigenvalue weighted by molar-refractivity contribution is -0.655. The summed E-state index contributed by atoms with van der Waals surface area (Å²) in [4.78, 5) is 0. The van der Waals surface area contributed by atoms with Gasteiger partial charge in [-0.05, 0) is 55.5 Å². The van der Waals surface area contributed by atoms with Crippen LogP contribution >= 0.6 is 12.4 Å². The van der Waals surface area contributed by atoms with Crippen molar-refractivity contribution in [2.45, 2.75) is 13.5 Å². The number of fused-ring (bicyclic) bond motifs is 3. The Balaban J connectivity index is 0.00000190. The standard InChI is InChI=1S/C28H25N7.2ClH/c1-2-35-26-16-20(29)11-13-24(26)23-14-12-22(17-25(23)27(35)18-7-4-3-5-8-18)33-34-32-21-10-6-9-19(15-21)28(30)31;;/h3-17,29H,2H2,1H3,(H4,30,31,32,33);2*1H. The molecule has 0 saturated carbocycles. The molecule has 0 aliphatic heterocycles. The lowest BCUT2D eigenvalue weighted by atomic mass is 9.98. The summed E-state index contributed by atoms with van der Waals surface area (Å²) < 4.78 is 2.30. The number of nitrogen functional groups attached to an aromatic ring is 2. The fourth-order valence-electron chi connectivity index (χ4n) is 4.42. The summed E-state index contributed by atoms with van der Waals surface area (Å²) >= 11 is 0. The average molecular weight is 532 g/mol. The van der Waals surface area contributed by atoms with Gasteiger partial charge in [-0.25, -0.2) is 0 Å². The molecule has 5 rings (SSSR count). The number of nitrogens with two attached hydrogens (primary N) is 2. The maximum atomic E-state index is 7.60. The zero-order valence-corrected chi connectivity index (χ0v) is 21.7. The Morgan fingerprint density at radius 1 is 0.892 bits per heavy atom. The molecule has 0 atom stereocenters. The maximum absolute atomic E-state index is 7.60. The summed E-state index contributed by atoms with van der Waals surface area (Å²) in [6, 6.07) is 29.7. The molecule has 1 aromatic heterocycles. The first kappa shape index (κ1) is 27.4. The topological polar surface area (TPSA) is 117 Å². The number of aryl methyl sites for hydroxylation is 1. The van der Waals surface area contributed by atoms with E-state index < -0.39 is 0 Å². The number of anilines is 2. The Hall–Kier alpha value is -4.20. The Bertz CT molecular complexity index is 1600. The summed E-state index contributed by atoms with van der Waals surface area (Å²) in [6.45, 7) is 2.93. The highest BCUT2D eigenvalue weighted by molar-refractivity contribution is 6.10. The highest BCUT2D eigenvalue weighted by Gasteiger charge is 2.22. The van der Waals surface area contributed by atoms with Gasteiger partial charge >= 0.3 is 0 Å². The normalized spacial score (nSPS) is 10.7. The highest BCUT2D eigenvalue weighted by Crippen LogP contribution is 2.34. The fourth-order valence-corrected chi connectivity index (χ4v) is 4.42. The molecule has 0 radical (unpaired) electrons. The van der Waals surface area contributed by atoms with Crippen LogP contribution in [0.25, 0.3) is 32.9 Å². The number of nitrogens with one attached hydrogen (secondary N) is 2. The minimum absolute atomic E-state index is 0. The summed E-state index contributed by atoms with van der Waals surface area (Å²) in [5.74, 6) is 0.00627. The first-order valence-electron chi connectivity index (χ1n) is 11.4. The number of hydrogen-bond acceptors (Lipinski definition) is 4. The van der Waals surface area contributed by atoms with E-state index in [0.29, 0.717) is 11.3 Å². The van der Waals surface area contributed by atoms with Crippen LogP contribution in [0.2, 0.25) is 0 Å². The van der Waals surface area contributed by atoms with Crippen molar-refractivity contribution in [2.75, 3.05) is 11.2 Å². The second-order valence-electron chi connectivity index (χ2n) is 8.27. The van der Waals surface area contributed by atoms with Crippen LogP contribution in [0.1, 0.15) is 12.5 Å². The van der Waals surface area contributed by atoms with Gasteiger partial charge in [0.05, 0.1) is 22.1 Å². The Labute approximate surface area is 227 Å². The molecule has 0 amide bonds. The minimum Gasteiger partial charge on any atom is -1.00 e. The largest absolute Gasteiger partial charge is 1.00 e. The lowest BCUT2D eigenvalue weighted by Gasteiger charge is -2.12. The second-order valence-corrected chi connectivity index (χ2v) is 8.27. The summed E-state index contributed by atoms with van der Waals surface area (Å²) in [6.07, 6.45) is 0. The third kappa shape index (κ3) is 5.48. The average Bonchev–Trinajstić information content (AvgIpc) is 2.88. The molecular weight excluding hydrogens is 505 g/mol. The Morgan fingerprint density at radius 3 is 2.38 bits per heavy atom. The van der Waals surface area contributed by atoms with Crippen LogP contribution in [0.3, 0.4) is 0 Å². The van der Waals surface area contributed by atoms with E-state index >= 15 is 0 Å². The second kappa shape index (κ2) is 11.7. The van der Waals surface area contributed by atoms with Gasteiger partial charge in [0.2, 0.25) is 11.2 Å². The molecule has 0 bridgehead atoms.